The molecule has 7 heteroatoms. The summed E-state index contributed by atoms with van der Waals surface area (Å²) >= 11 is 5.95. The van der Waals surface area contributed by atoms with E-state index in [9.17, 15) is 4.79 Å². The van der Waals surface area contributed by atoms with Crippen LogP contribution in [-0.4, -0.2) is 42.6 Å². The molecule has 1 amide bonds. The molecule has 1 N–H and O–H groups in total. The van der Waals surface area contributed by atoms with Gasteiger partial charge < -0.3 is 15.0 Å². The van der Waals surface area contributed by atoms with Crippen LogP contribution in [-0.2, 0) is 16.1 Å². The molecule has 0 unspecified atom stereocenters. The van der Waals surface area contributed by atoms with Crippen molar-refractivity contribution in [3.05, 3.63) is 17.0 Å². The highest BCUT2D eigenvalue weighted by Crippen LogP contribution is 2.16. The molecule has 1 rings (SSSR count). The van der Waals surface area contributed by atoms with Crippen LogP contribution in [0.5, 0.6) is 0 Å². The fraction of sp³-hybridized carbons (Fsp3) is 0.583. The molecule has 0 saturated heterocycles. The summed E-state index contributed by atoms with van der Waals surface area (Å²) in [6, 6.07) is 1.64. The maximum Gasteiger partial charge on any atom is 0.239 e. The molecule has 0 spiro atoms. The number of hydrogen-bond donors (Lipinski definition) is 1. The summed E-state index contributed by atoms with van der Waals surface area (Å²) in [6.07, 6.45) is 0. The van der Waals surface area contributed by atoms with Gasteiger partial charge in [-0.05, 0) is 13.8 Å². The summed E-state index contributed by atoms with van der Waals surface area (Å²) in [5, 5.41) is 3.09. The van der Waals surface area contributed by atoms with E-state index in [-0.39, 0.29) is 19.1 Å². The van der Waals surface area contributed by atoms with Crippen LogP contribution in [0, 0.1) is 0 Å². The molecule has 0 aliphatic rings. The van der Waals surface area contributed by atoms with E-state index in [1.807, 2.05) is 18.7 Å². The number of carbonyl (C=O) groups excluding carboxylic acids is 1. The number of hydrogen-bond acceptors (Lipinski definition) is 5. The molecule has 0 saturated carbocycles. The van der Waals surface area contributed by atoms with Gasteiger partial charge in [0.05, 0.1) is 6.54 Å². The number of halogens is 1. The number of methoxy groups -OCH3 is 1. The van der Waals surface area contributed by atoms with Gasteiger partial charge in [-0.15, -0.1) is 0 Å². The lowest BCUT2D eigenvalue weighted by molar-refractivity contribution is -0.119. The Morgan fingerprint density at radius 2 is 2.21 bits per heavy atom. The van der Waals surface area contributed by atoms with E-state index in [4.69, 9.17) is 16.3 Å². The van der Waals surface area contributed by atoms with Crippen LogP contribution in [0.25, 0.3) is 0 Å². The minimum atomic E-state index is -0.0487. The van der Waals surface area contributed by atoms with E-state index >= 15 is 0 Å². The third kappa shape index (κ3) is 5.00. The van der Waals surface area contributed by atoms with Crippen LogP contribution in [0.15, 0.2) is 6.07 Å². The van der Waals surface area contributed by atoms with Crippen molar-refractivity contribution in [2.24, 2.45) is 0 Å². The van der Waals surface area contributed by atoms with Gasteiger partial charge in [-0.2, -0.15) is 0 Å². The fourth-order valence-electron chi connectivity index (χ4n) is 1.59. The Labute approximate surface area is 118 Å². The molecule has 0 atom stereocenters. The van der Waals surface area contributed by atoms with Crippen molar-refractivity contribution in [3.8, 4) is 0 Å². The molecular formula is C12H19ClN4O2. The minimum Gasteiger partial charge on any atom is -0.377 e. The van der Waals surface area contributed by atoms with Crippen LogP contribution in [0.1, 0.15) is 19.7 Å². The van der Waals surface area contributed by atoms with E-state index in [2.05, 4.69) is 15.3 Å². The van der Waals surface area contributed by atoms with Crippen LogP contribution < -0.4 is 10.2 Å². The van der Waals surface area contributed by atoms with E-state index < -0.39 is 0 Å². The second-order valence-electron chi connectivity index (χ2n) is 3.87. The lowest BCUT2D eigenvalue weighted by Gasteiger charge is -2.21. The highest BCUT2D eigenvalue weighted by Gasteiger charge is 2.13. The van der Waals surface area contributed by atoms with Gasteiger partial charge in [0.1, 0.15) is 17.6 Å². The lowest BCUT2D eigenvalue weighted by Crippen LogP contribution is -2.37. The Hall–Kier alpha value is -1.40. The van der Waals surface area contributed by atoms with E-state index in [0.29, 0.717) is 29.9 Å². The van der Waals surface area contributed by atoms with Crippen molar-refractivity contribution in [2.75, 3.05) is 31.6 Å². The molecular weight excluding hydrogens is 268 g/mol. The van der Waals surface area contributed by atoms with Gasteiger partial charge in [-0.25, -0.2) is 9.97 Å². The van der Waals surface area contributed by atoms with E-state index in [1.165, 1.54) is 0 Å². The third-order valence-corrected chi connectivity index (χ3v) is 2.61. The second kappa shape index (κ2) is 7.91. The van der Waals surface area contributed by atoms with Crippen LogP contribution in [0.2, 0.25) is 5.15 Å². The maximum absolute atomic E-state index is 11.6. The van der Waals surface area contributed by atoms with Gasteiger partial charge in [0.2, 0.25) is 5.91 Å². The highest BCUT2D eigenvalue weighted by atomic mass is 35.5. The summed E-state index contributed by atoms with van der Waals surface area (Å²) in [6.45, 7) is 5.61. The number of rotatable bonds is 7. The zero-order chi connectivity index (χ0) is 14.3. The van der Waals surface area contributed by atoms with Gasteiger partial charge in [0.15, 0.2) is 5.82 Å². The zero-order valence-corrected chi connectivity index (χ0v) is 12.2. The molecule has 0 aliphatic heterocycles. The SMILES string of the molecule is CCNC(=O)CN(CC)c1cc(Cl)nc(COC)n1. The standard InChI is InChI=1S/C12H19ClN4O2/c1-4-14-12(18)7-17(5-2)11-6-9(13)15-10(16-11)8-19-3/h6H,4-5,7-8H2,1-3H3,(H,14,18). The van der Waals surface area contributed by atoms with Crippen molar-refractivity contribution < 1.29 is 9.53 Å². The monoisotopic (exact) mass is 286 g/mol. The summed E-state index contributed by atoms with van der Waals surface area (Å²) in [5.74, 6) is 1.08. The molecule has 1 aromatic rings. The number of carbonyl (C=O) groups is 1. The Bertz CT molecular complexity index is 428. The van der Waals surface area contributed by atoms with Crippen molar-refractivity contribution in [1.29, 1.82) is 0 Å². The average molecular weight is 287 g/mol. The van der Waals surface area contributed by atoms with Crippen LogP contribution >= 0.6 is 11.6 Å². The largest absolute Gasteiger partial charge is 0.377 e. The summed E-state index contributed by atoms with van der Waals surface area (Å²) in [4.78, 5) is 21.8. The normalized spacial score (nSPS) is 10.3. The zero-order valence-electron chi connectivity index (χ0n) is 11.4. The number of anilines is 1. The molecule has 0 bridgehead atoms. The van der Waals surface area contributed by atoms with Crippen molar-refractivity contribution >= 4 is 23.3 Å². The first-order chi connectivity index (χ1) is 9.10. The average Bonchev–Trinajstić information content (AvgIpc) is 2.36. The summed E-state index contributed by atoms with van der Waals surface area (Å²) in [7, 11) is 1.57. The molecule has 19 heavy (non-hydrogen) atoms. The molecule has 1 heterocycles. The maximum atomic E-state index is 11.6. The topological polar surface area (TPSA) is 67.4 Å². The smallest absolute Gasteiger partial charge is 0.239 e. The predicted octanol–water partition coefficient (Wildman–Crippen LogP) is 1.24. The first-order valence-electron chi connectivity index (χ1n) is 6.14. The summed E-state index contributed by atoms with van der Waals surface area (Å²) < 4.78 is 4.99. The molecule has 0 fully saturated rings. The number of ether oxygens (including phenoxy) is 1. The molecule has 1 aromatic heterocycles. The number of nitrogens with zero attached hydrogens (tertiary/aromatic N) is 3. The predicted molar refractivity (Wildman–Crippen MR) is 74.3 cm³/mol. The molecule has 6 nitrogen and oxygen atoms in total. The molecule has 0 aliphatic carbocycles. The lowest BCUT2D eigenvalue weighted by atomic mass is 10.4. The molecule has 0 aromatic carbocycles. The van der Waals surface area contributed by atoms with Gasteiger partial charge >= 0.3 is 0 Å². The first-order valence-corrected chi connectivity index (χ1v) is 6.52. The van der Waals surface area contributed by atoms with E-state index in [0.717, 1.165) is 0 Å². The number of aromatic nitrogens is 2. The first kappa shape index (κ1) is 15.7. The van der Waals surface area contributed by atoms with Crippen LogP contribution in [0.3, 0.4) is 0 Å². The quantitative estimate of drug-likeness (QED) is 0.764. The Balaban J connectivity index is 2.87. The van der Waals surface area contributed by atoms with E-state index in [1.54, 1.807) is 13.2 Å². The number of nitrogens with one attached hydrogen (secondary N) is 1. The van der Waals surface area contributed by atoms with Gasteiger partial charge in [-0.3, -0.25) is 4.79 Å². The summed E-state index contributed by atoms with van der Waals surface area (Å²) in [5.41, 5.74) is 0. The van der Waals surface area contributed by atoms with Gasteiger partial charge in [-0.1, -0.05) is 11.6 Å². The molecule has 0 radical (unpaired) electrons. The van der Waals surface area contributed by atoms with Gasteiger partial charge in [0.25, 0.3) is 0 Å². The Morgan fingerprint density at radius 1 is 1.47 bits per heavy atom. The number of amides is 1. The van der Waals surface area contributed by atoms with Crippen molar-refractivity contribution in [3.63, 3.8) is 0 Å². The third-order valence-electron chi connectivity index (χ3n) is 2.42. The fourth-order valence-corrected chi connectivity index (χ4v) is 1.78. The Morgan fingerprint density at radius 3 is 2.79 bits per heavy atom. The van der Waals surface area contributed by atoms with Gasteiger partial charge in [0, 0.05) is 26.3 Å². The van der Waals surface area contributed by atoms with Crippen molar-refractivity contribution in [1.82, 2.24) is 15.3 Å². The van der Waals surface area contributed by atoms with Crippen molar-refractivity contribution in [2.45, 2.75) is 20.5 Å². The minimum absolute atomic E-state index is 0.0487. The second-order valence-corrected chi connectivity index (χ2v) is 4.25. The molecule has 106 valence electrons. The Kier molecular flexibility index (Phi) is 6.52. The highest BCUT2D eigenvalue weighted by molar-refractivity contribution is 6.29. The van der Waals surface area contributed by atoms with Crippen LogP contribution in [0.4, 0.5) is 5.82 Å². The number of likely N-dealkylation sites (N-methyl/N-ethyl adjacent to an activating group) is 2.